The van der Waals surface area contributed by atoms with Crippen molar-refractivity contribution in [3.63, 3.8) is 0 Å². The maximum Gasteiger partial charge on any atom is 0.218 e. The summed E-state index contributed by atoms with van der Waals surface area (Å²) in [7, 11) is 0. The van der Waals surface area contributed by atoms with Gasteiger partial charge in [-0.3, -0.25) is 4.79 Å². The van der Waals surface area contributed by atoms with E-state index in [9.17, 15) is 15.0 Å². The number of carbonyl (C=O) groups is 1. The van der Waals surface area contributed by atoms with Crippen LogP contribution in [0.4, 0.5) is 0 Å². The Bertz CT molecular complexity index is 200. The Labute approximate surface area is 87.0 Å². The van der Waals surface area contributed by atoms with Gasteiger partial charge in [-0.1, -0.05) is 0 Å². The molecule has 15 heavy (non-hydrogen) atoms. The second kappa shape index (κ2) is 6.70. The third kappa shape index (κ3) is 5.65. The zero-order chi connectivity index (χ0) is 12.0. The third-order valence-electron chi connectivity index (χ3n) is 1.81. The number of rotatable bonds is 6. The lowest BCUT2D eigenvalue weighted by Gasteiger charge is -2.23. The van der Waals surface area contributed by atoms with Crippen LogP contribution in [-0.4, -0.2) is 62.6 Å². The van der Waals surface area contributed by atoms with Gasteiger partial charge in [-0.15, -0.1) is 0 Å². The first kappa shape index (κ1) is 14.3. The number of amides is 1. The Hall–Kier alpha value is -0.730. The number of aliphatic hydroxyl groups excluding tert-OH is 5. The molecule has 0 saturated heterocycles. The number of hydrogen-bond donors (Lipinski definition) is 6. The molecule has 0 aromatic rings. The summed E-state index contributed by atoms with van der Waals surface area (Å²) < 4.78 is 0. The minimum atomic E-state index is -1.57. The number of carbonyl (C=O) groups excluding carboxylic acids is 1. The van der Waals surface area contributed by atoms with Crippen molar-refractivity contribution in [2.24, 2.45) is 0 Å². The summed E-state index contributed by atoms with van der Waals surface area (Å²) in [6, 6.07) is 0. The lowest BCUT2D eigenvalue weighted by molar-refractivity contribution is -0.124. The second-order valence-corrected chi connectivity index (χ2v) is 3.26. The zero-order valence-corrected chi connectivity index (χ0v) is 8.37. The zero-order valence-electron chi connectivity index (χ0n) is 8.37. The van der Waals surface area contributed by atoms with Crippen molar-refractivity contribution in [2.75, 3.05) is 6.61 Å². The monoisotopic (exact) mass is 223 g/mol. The van der Waals surface area contributed by atoms with E-state index in [4.69, 9.17) is 15.3 Å². The molecule has 0 aliphatic carbocycles. The molecule has 0 aliphatic rings. The average molecular weight is 223 g/mol. The van der Waals surface area contributed by atoms with Crippen LogP contribution in [0.15, 0.2) is 0 Å². The van der Waals surface area contributed by atoms with Gasteiger partial charge < -0.3 is 30.8 Å². The standard InChI is InChI=1S/C8H17NO6/c1-4(11)9-7(14)2-5(12)8(15)6(13)3-10/h5-8,10,12-15H,2-3H2,1H3,(H,9,11)/t5-,6-,7?,8+/m1/s1. The molecular formula is C8H17NO6. The van der Waals surface area contributed by atoms with Gasteiger partial charge in [0.1, 0.15) is 18.4 Å². The van der Waals surface area contributed by atoms with Gasteiger partial charge in [0.15, 0.2) is 0 Å². The maximum absolute atomic E-state index is 10.5. The Kier molecular flexibility index (Phi) is 6.37. The fraction of sp³-hybridized carbons (Fsp3) is 0.875. The summed E-state index contributed by atoms with van der Waals surface area (Å²) in [5.74, 6) is -0.480. The van der Waals surface area contributed by atoms with E-state index >= 15 is 0 Å². The van der Waals surface area contributed by atoms with Gasteiger partial charge in [-0.25, -0.2) is 0 Å². The fourth-order valence-corrected chi connectivity index (χ4v) is 1.03. The van der Waals surface area contributed by atoms with E-state index < -0.39 is 37.1 Å². The molecule has 0 saturated carbocycles. The minimum Gasteiger partial charge on any atom is -0.394 e. The fourth-order valence-electron chi connectivity index (χ4n) is 1.03. The van der Waals surface area contributed by atoms with Crippen LogP contribution in [0.5, 0.6) is 0 Å². The normalized spacial score (nSPS) is 19.1. The first-order valence-corrected chi connectivity index (χ1v) is 4.48. The van der Waals surface area contributed by atoms with Crippen molar-refractivity contribution in [1.29, 1.82) is 0 Å². The van der Waals surface area contributed by atoms with Gasteiger partial charge in [0, 0.05) is 13.3 Å². The lowest BCUT2D eigenvalue weighted by atomic mass is 10.1. The summed E-state index contributed by atoms with van der Waals surface area (Å²) in [5, 5.41) is 47.1. The average Bonchev–Trinajstić information content (AvgIpc) is 2.13. The van der Waals surface area contributed by atoms with E-state index in [-0.39, 0.29) is 6.42 Å². The molecule has 4 atom stereocenters. The van der Waals surface area contributed by atoms with Gasteiger partial charge >= 0.3 is 0 Å². The lowest BCUT2D eigenvalue weighted by Crippen LogP contribution is -2.44. The number of hydrogen-bond acceptors (Lipinski definition) is 6. The molecule has 1 amide bonds. The van der Waals surface area contributed by atoms with Crippen molar-refractivity contribution >= 4 is 5.91 Å². The summed E-state index contributed by atoms with van der Waals surface area (Å²) in [4.78, 5) is 10.5. The van der Waals surface area contributed by atoms with Crippen molar-refractivity contribution < 1.29 is 30.3 Å². The number of aliphatic hydroxyl groups is 5. The molecule has 6 N–H and O–H groups in total. The first-order chi connectivity index (χ1) is 6.88. The topological polar surface area (TPSA) is 130 Å². The van der Waals surface area contributed by atoms with Gasteiger partial charge in [0.2, 0.25) is 5.91 Å². The summed E-state index contributed by atoms with van der Waals surface area (Å²) in [5.41, 5.74) is 0. The first-order valence-electron chi connectivity index (χ1n) is 4.48. The molecule has 0 spiro atoms. The van der Waals surface area contributed by atoms with Crippen molar-refractivity contribution in [1.82, 2.24) is 5.32 Å². The van der Waals surface area contributed by atoms with Gasteiger partial charge in [-0.05, 0) is 0 Å². The molecule has 0 aromatic heterocycles. The van der Waals surface area contributed by atoms with Crippen LogP contribution >= 0.6 is 0 Å². The maximum atomic E-state index is 10.5. The van der Waals surface area contributed by atoms with E-state index in [1.165, 1.54) is 6.92 Å². The predicted octanol–water partition coefficient (Wildman–Crippen LogP) is -3.09. The highest BCUT2D eigenvalue weighted by Gasteiger charge is 2.26. The van der Waals surface area contributed by atoms with Gasteiger partial charge in [0.05, 0.1) is 12.7 Å². The molecule has 7 heteroatoms. The minimum absolute atomic E-state index is 0.336. The predicted molar refractivity (Wildman–Crippen MR) is 49.5 cm³/mol. The third-order valence-corrected chi connectivity index (χ3v) is 1.81. The molecule has 0 fully saturated rings. The highest BCUT2D eigenvalue weighted by atomic mass is 16.4. The van der Waals surface area contributed by atoms with Crippen molar-refractivity contribution in [3.05, 3.63) is 0 Å². The molecule has 0 aliphatic heterocycles. The number of nitrogens with one attached hydrogen (secondary N) is 1. The van der Waals surface area contributed by atoms with E-state index in [1.54, 1.807) is 0 Å². The van der Waals surface area contributed by atoms with E-state index in [1.807, 2.05) is 0 Å². The molecule has 0 heterocycles. The Balaban J connectivity index is 4.00. The Morgan fingerprint density at radius 2 is 1.73 bits per heavy atom. The molecule has 90 valence electrons. The quantitative estimate of drug-likeness (QED) is 0.265. The van der Waals surface area contributed by atoms with Crippen molar-refractivity contribution in [2.45, 2.75) is 37.9 Å². The van der Waals surface area contributed by atoms with E-state index in [0.717, 1.165) is 0 Å². The SMILES string of the molecule is CC(=O)NC(O)C[C@@H](O)[C@H](O)[C@H](O)CO. The molecule has 0 radical (unpaired) electrons. The molecule has 0 rings (SSSR count). The van der Waals surface area contributed by atoms with Crippen LogP contribution in [0.1, 0.15) is 13.3 Å². The van der Waals surface area contributed by atoms with Crippen LogP contribution in [0.3, 0.4) is 0 Å². The molecule has 0 bridgehead atoms. The molecule has 7 nitrogen and oxygen atoms in total. The van der Waals surface area contributed by atoms with E-state index in [0.29, 0.717) is 0 Å². The summed E-state index contributed by atoms with van der Waals surface area (Å²) >= 11 is 0. The van der Waals surface area contributed by atoms with E-state index in [2.05, 4.69) is 5.32 Å². The van der Waals surface area contributed by atoms with Gasteiger partial charge in [0.25, 0.3) is 0 Å². The van der Waals surface area contributed by atoms with Crippen molar-refractivity contribution in [3.8, 4) is 0 Å². The van der Waals surface area contributed by atoms with Crippen LogP contribution in [-0.2, 0) is 4.79 Å². The smallest absolute Gasteiger partial charge is 0.218 e. The summed E-state index contributed by atoms with van der Waals surface area (Å²) in [6.45, 7) is 0.489. The molecular weight excluding hydrogens is 206 g/mol. The van der Waals surface area contributed by atoms with Crippen LogP contribution in [0.2, 0.25) is 0 Å². The molecule has 1 unspecified atom stereocenters. The second-order valence-electron chi connectivity index (χ2n) is 3.26. The summed E-state index contributed by atoms with van der Waals surface area (Å²) in [6.07, 6.45) is -6.13. The largest absolute Gasteiger partial charge is 0.394 e. The van der Waals surface area contributed by atoms with Gasteiger partial charge in [-0.2, -0.15) is 0 Å². The van der Waals surface area contributed by atoms with Crippen LogP contribution < -0.4 is 5.32 Å². The molecule has 0 aromatic carbocycles. The van der Waals surface area contributed by atoms with Crippen LogP contribution in [0.25, 0.3) is 0 Å². The van der Waals surface area contributed by atoms with Crippen LogP contribution in [0, 0.1) is 0 Å². The Morgan fingerprint density at radius 3 is 2.13 bits per heavy atom. The highest BCUT2D eigenvalue weighted by molar-refractivity contribution is 5.72. The highest BCUT2D eigenvalue weighted by Crippen LogP contribution is 2.05. The Morgan fingerprint density at radius 1 is 1.20 bits per heavy atom.